The summed E-state index contributed by atoms with van der Waals surface area (Å²) in [6.45, 7) is 0.160. The molecule has 1 fully saturated rings. The van der Waals surface area contributed by atoms with Crippen LogP contribution in [0.2, 0.25) is 0 Å². The monoisotopic (exact) mass is 487 g/mol. The molecule has 1 amide bonds. The third-order valence-corrected chi connectivity index (χ3v) is 7.31. The maximum absolute atomic E-state index is 13.2. The van der Waals surface area contributed by atoms with E-state index in [0.29, 0.717) is 16.8 Å². The van der Waals surface area contributed by atoms with Crippen LogP contribution in [-0.4, -0.2) is 71.8 Å². The number of hydrogen-bond acceptors (Lipinski definition) is 6. The van der Waals surface area contributed by atoms with Crippen molar-refractivity contribution in [1.82, 2.24) is 14.6 Å². The lowest BCUT2D eigenvalue weighted by molar-refractivity contribution is -0.133. The second-order valence-electron chi connectivity index (χ2n) is 7.77. The zero-order chi connectivity index (χ0) is 24.4. The first kappa shape index (κ1) is 25.1. The van der Waals surface area contributed by atoms with Crippen LogP contribution in [0.25, 0.3) is 11.1 Å². The lowest BCUT2D eigenvalue weighted by Gasteiger charge is -2.44. The number of alkyl halides is 3. The molecule has 1 aliphatic rings. The van der Waals surface area contributed by atoms with Gasteiger partial charge in [-0.05, 0) is 24.1 Å². The molecule has 8 nitrogen and oxygen atoms in total. The molecule has 2 heterocycles. The Morgan fingerprint density at radius 2 is 1.79 bits per heavy atom. The molecule has 2 unspecified atom stereocenters. The number of aliphatic hydroxyl groups excluding tert-OH is 1. The highest BCUT2D eigenvalue weighted by Crippen LogP contribution is 2.33. The van der Waals surface area contributed by atoms with E-state index in [2.05, 4.69) is 4.98 Å². The van der Waals surface area contributed by atoms with Gasteiger partial charge in [0.2, 0.25) is 10.0 Å². The number of rotatable bonds is 9. The molecule has 1 saturated heterocycles. The molecule has 0 bridgehead atoms. The van der Waals surface area contributed by atoms with Crippen molar-refractivity contribution in [3.63, 3.8) is 0 Å². The normalized spacial score (nSPS) is 17.9. The molecular formula is C21H24F3N3O5S. The number of hydrogen-bond donors (Lipinski definition) is 3. The lowest BCUT2D eigenvalue weighted by Crippen LogP contribution is -2.61. The summed E-state index contributed by atoms with van der Waals surface area (Å²) in [6.07, 6.45) is -3.34. The number of amides is 1. The molecule has 2 atom stereocenters. The molecule has 1 aromatic heterocycles. The number of pyridine rings is 1. The van der Waals surface area contributed by atoms with Gasteiger partial charge in [-0.25, -0.2) is 12.8 Å². The minimum Gasteiger partial charge on any atom is -0.386 e. The van der Waals surface area contributed by atoms with Crippen LogP contribution in [-0.2, 0) is 20.4 Å². The van der Waals surface area contributed by atoms with Crippen molar-refractivity contribution in [2.24, 2.45) is 0 Å². The summed E-state index contributed by atoms with van der Waals surface area (Å²) in [4.78, 5) is 15.3. The second-order valence-corrected chi connectivity index (χ2v) is 10.0. The molecule has 180 valence electrons. The number of benzene rings is 1. The van der Waals surface area contributed by atoms with Crippen LogP contribution in [0, 0.1) is 0 Å². The van der Waals surface area contributed by atoms with E-state index in [-0.39, 0.29) is 24.4 Å². The van der Waals surface area contributed by atoms with Crippen LogP contribution in [0.1, 0.15) is 24.3 Å². The van der Waals surface area contributed by atoms with Crippen molar-refractivity contribution < 1.29 is 36.6 Å². The molecule has 2 aromatic rings. The smallest absolute Gasteiger partial charge is 0.315 e. The van der Waals surface area contributed by atoms with Gasteiger partial charge in [-0.2, -0.15) is 13.1 Å². The van der Waals surface area contributed by atoms with E-state index < -0.39 is 46.8 Å². The van der Waals surface area contributed by atoms with Gasteiger partial charge in [0.15, 0.2) is 0 Å². The fourth-order valence-electron chi connectivity index (χ4n) is 3.47. The first-order valence-electron chi connectivity index (χ1n) is 10.1. The maximum Gasteiger partial charge on any atom is 0.315 e. The van der Waals surface area contributed by atoms with Crippen LogP contribution >= 0.6 is 0 Å². The fraction of sp³-hybridized carbons (Fsp3) is 0.429. The molecule has 0 radical (unpaired) electrons. The van der Waals surface area contributed by atoms with E-state index in [9.17, 15) is 36.6 Å². The first-order valence-corrected chi connectivity index (χ1v) is 11.7. The van der Waals surface area contributed by atoms with Crippen LogP contribution < -0.4 is 5.32 Å². The summed E-state index contributed by atoms with van der Waals surface area (Å²) in [5.41, 5.74) is 0.532. The van der Waals surface area contributed by atoms with Gasteiger partial charge >= 0.3 is 6.43 Å². The Labute approximate surface area is 189 Å². The standard InChI is InChI=1S/C21H24F3N3O5S/c1-2-33(31,32)27-11-21(30,12-27)17-8-7-15(10-25-17)13-3-5-14(6-4-13)18(28)16(9-22)26-20(29)19(23)24/h3-8,10,16,18-19,28,30H,2,9,11-12H2,1H3,(H,26,29). The number of aromatic nitrogens is 1. The summed E-state index contributed by atoms with van der Waals surface area (Å²) in [6, 6.07) is 7.91. The van der Waals surface area contributed by atoms with Gasteiger partial charge in [0, 0.05) is 24.8 Å². The summed E-state index contributed by atoms with van der Waals surface area (Å²) in [5.74, 6) is -1.71. The third-order valence-electron chi connectivity index (χ3n) is 5.53. The predicted molar refractivity (Wildman–Crippen MR) is 113 cm³/mol. The lowest BCUT2D eigenvalue weighted by atomic mass is 9.92. The highest BCUT2D eigenvalue weighted by Gasteiger charge is 2.48. The average Bonchev–Trinajstić information content (AvgIpc) is 2.80. The zero-order valence-electron chi connectivity index (χ0n) is 17.7. The number of aliphatic hydroxyl groups is 2. The van der Waals surface area contributed by atoms with Crippen molar-refractivity contribution >= 4 is 15.9 Å². The Bertz CT molecular complexity index is 1080. The Balaban J connectivity index is 1.68. The highest BCUT2D eigenvalue weighted by atomic mass is 32.2. The predicted octanol–water partition coefficient (Wildman–Crippen LogP) is 1.35. The Hall–Kier alpha value is -2.54. The summed E-state index contributed by atoms with van der Waals surface area (Å²) in [7, 11) is -3.38. The molecule has 1 aliphatic heterocycles. The molecule has 0 saturated carbocycles. The number of nitrogens with zero attached hydrogens (tertiary/aromatic N) is 2. The van der Waals surface area contributed by atoms with Gasteiger partial charge < -0.3 is 15.5 Å². The Morgan fingerprint density at radius 1 is 1.18 bits per heavy atom. The number of carbonyl (C=O) groups excluding carboxylic acids is 1. The minimum atomic E-state index is -3.38. The van der Waals surface area contributed by atoms with Gasteiger partial charge in [-0.15, -0.1) is 0 Å². The van der Waals surface area contributed by atoms with Gasteiger partial charge in [-0.3, -0.25) is 9.78 Å². The summed E-state index contributed by atoms with van der Waals surface area (Å²) >= 11 is 0. The van der Waals surface area contributed by atoms with Crippen molar-refractivity contribution in [3.05, 3.63) is 53.9 Å². The van der Waals surface area contributed by atoms with Gasteiger partial charge in [-0.1, -0.05) is 30.3 Å². The summed E-state index contributed by atoms with van der Waals surface area (Å²) < 4.78 is 62.8. The molecular weight excluding hydrogens is 463 g/mol. The van der Waals surface area contributed by atoms with Crippen LogP contribution in [0.5, 0.6) is 0 Å². The minimum absolute atomic E-state index is 0.0508. The number of carbonyl (C=O) groups is 1. The number of sulfonamides is 1. The van der Waals surface area contributed by atoms with E-state index in [1.54, 1.807) is 29.6 Å². The van der Waals surface area contributed by atoms with E-state index in [1.165, 1.54) is 29.6 Å². The number of nitrogens with one attached hydrogen (secondary N) is 1. The van der Waals surface area contributed by atoms with Crippen LogP contribution in [0.4, 0.5) is 13.2 Å². The molecule has 0 spiro atoms. The zero-order valence-corrected chi connectivity index (χ0v) is 18.5. The van der Waals surface area contributed by atoms with E-state index >= 15 is 0 Å². The largest absolute Gasteiger partial charge is 0.386 e. The molecule has 3 rings (SSSR count). The van der Waals surface area contributed by atoms with Crippen LogP contribution in [0.3, 0.4) is 0 Å². The molecule has 12 heteroatoms. The third kappa shape index (κ3) is 5.35. The van der Waals surface area contributed by atoms with Crippen molar-refractivity contribution in [1.29, 1.82) is 0 Å². The van der Waals surface area contributed by atoms with E-state index in [1.807, 2.05) is 0 Å². The first-order chi connectivity index (χ1) is 15.5. The van der Waals surface area contributed by atoms with Crippen LogP contribution in [0.15, 0.2) is 42.6 Å². The second kappa shape index (κ2) is 9.75. The quantitative estimate of drug-likeness (QED) is 0.491. The molecule has 3 N–H and O–H groups in total. The Morgan fingerprint density at radius 3 is 2.27 bits per heavy atom. The van der Waals surface area contributed by atoms with Crippen molar-refractivity contribution in [2.45, 2.75) is 31.1 Å². The van der Waals surface area contributed by atoms with Gasteiger partial charge in [0.25, 0.3) is 5.91 Å². The number of halogens is 3. The SMILES string of the molecule is CCS(=O)(=O)N1CC(O)(c2ccc(-c3ccc(C(O)C(CF)NC(=O)C(F)F)cc3)cn2)C1. The Kier molecular flexibility index (Phi) is 7.42. The van der Waals surface area contributed by atoms with E-state index in [4.69, 9.17) is 0 Å². The summed E-state index contributed by atoms with van der Waals surface area (Å²) in [5, 5.41) is 22.6. The number of β-amino-alcohol motifs (C(OH)–C–C–N with tert-alkyl or cyclic N) is 1. The highest BCUT2D eigenvalue weighted by molar-refractivity contribution is 7.89. The van der Waals surface area contributed by atoms with E-state index in [0.717, 1.165) is 0 Å². The molecule has 0 aliphatic carbocycles. The maximum atomic E-state index is 13.2. The van der Waals surface area contributed by atoms with Crippen molar-refractivity contribution in [2.75, 3.05) is 25.5 Å². The van der Waals surface area contributed by atoms with Crippen molar-refractivity contribution in [3.8, 4) is 11.1 Å². The molecule has 1 aromatic carbocycles. The average molecular weight is 488 g/mol. The topological polar surface area (TPSA) is 120 Å². The van der Waals surface area contributed by atoms with Gasteiger partial charge in [0.1, 0.15) is 18.4 Å². The van der Waals surface area contributed by atoms with Gasteiger partial charge in [0.05, 0.1) is 17.5 Å². The molecule has 33 heavy (non-hydrogen) atoms. The fourth-order valence-corrected chi connectivity index (χ4v) is 4.66.